The molecule has 6 heteroatoms. The van der Waals surface area contributed by atoms with Gasteiger partial charge in [-0.2, -0.15) is 0 Å². The zero-order chi connectivity index (χ0) is 15.7. The normalized spacial score (nSPS) is 21.5. The van der Waals surface area contributed by atoms with Crippen LogP contribution in [0.15, 0.2) is 40.3 Å². The Kier molecular flexibility index (Phi) is 4.80. The number of hydrogen-bond donors (Lipinski definition) is 1. The van der Waals surface area contributed by atoms with Crippen LogP contribution in [0.2, 0.25) is 0 Å². The molecule has 2 atom stereocenters. The molecule has 0 bridgehead atoms. The van der Waals surface area contributed by atoms with Crippen LogP contribution < -0.4 is 5.32 Å². The molecule has 3 rings (SSSR count). The van der Waals surface area contributed by atoms with Gasteiger partial charge in [0.05, 0.1) is 21.6 Å². The van der Waals surface area contributed by atoms with Gasteiger partial charge in [-0.25, -0.2) is 0 Å². The number of hydrogen-bond acceptors (Lipinski definition) is 3. The van der Waals surface area contributed by atoms with Crippen molar-refractivity contribution in [3.8, 4) is 0 Å². The molecule has 0 saturated carbocycles. The van der Waals surface area contributed by atoms with Crippen LogP contribution in [0.25, 0.3) is 0 Å². The van der Waals surface area contributed by atoms with Crippen LogP contribution in [-0.4, -0.2) is 21.5 Å². The molecule has 22 heavy (non-hydrogen) atoms. The first-order chi connectivity index (χ1) is 10.6. The van der Waals surface area contributed by atoms with E-state index in [1.807, 2.05) is 18.3 Å². The van der Waals surface area contributed by atoms with E-state index >= 15 is 0 Å². The summed E-state index contributed by atoms with van der Waals surface area (Å²) in [5.74, 6) is 0.549. The van der Waals surface area contributed by atoms with Crippen molar-refractivity contribution >= 4 is 44.6 Å². The minimum atomic E-state index is 0.0954. The first kappa shape index (κ1) is 15.9. The zero-order valence-electron chi connectivity index (χ0n) is 12.5. The van der Waals surface area contributed by atoms with Crippen LogP contribution in [0.1, 0.15) is 36.5 Å². The summed E-state index contributed by atoms with van der Waals surface area (Å²) in [6.45, 7) is 5.38. The molecule has 1 saturated heterocycles. The Morgan fingerprint density at radius 2 is 2.18 bits per heavy atom. The van der Waals surface area contributed by atoms with Crippen LogP contribution in [-0.2, 0) is 0 Å². The van der Waals surface area contributed by atoms with Crippen molar-refractivity contribution < 1.29 is 0 Å². The van der Waals surface area contributed by atoms with E-state index in [0.717, 1.165) is 21.1 Å². The van der Waals surface area contributed by atoms with E-state index in [-0.39, 0.29) is 12.1 Å². The maximum atomic E-state index is 5.60. The summed E-state index contributed by atoms with van der Waals surface area (Å²) in [5, 5.41) is 4.29. The third kappa shape index (κ3) is 3.19. The van der Waals surface area contributed by atoms with Crippen molar-refractivity contribution in [2.75, 3.05) is 6.54 Å². The Bertz CT molecular complexity index is 656. The Balaban J connectivity index is 2.00. The highest BCUT2D eigenvalue weighted by atomic mass is 79.9. The molecule has 3 heterocycles. The van der Waals surface area contributed by atoms with E-state index in [1.54, 1.807) is 11.3 Å². The molecular weight excluding hydrogens is 378 g/mol. The van der Waals surface area contributed by atoms with Crippen LogP contribution >= 0.6 is 39.5 Å². The summed E-state index contributed by atoms with van der Waals surface area (Å²) in [4.78, 5) is 8.14. The molecular formula is C16H18BrN3S2. The maximum Gasteiger partial charge on any atom is 0.170 e. The SMILES string of the molecule is CC(C)CN1C(=S)N[C@@H](c2ccccn2)[C@@H]1c1ccc(Br)s1. The van der Waals surface area contributed by atoms with Gasteiger partial charge in [-0.05, 0) is 58.3 Å². The molecule has 2 aromatic heterocycles. The number of halogens is 1. The number of thiophene rings is 1. The Morgan fingerprint density at radius 3 is 2.77 bits per heavy atom. The topological polar surface area (TPSA) is 28.2 Å². The fourth-order valence-corrected chi connectivity index (χ4v) is 4.68. The fourth-order valence-electron chi connectivity index (χ4n) is 2.79. The van der Waals surface area contributed by atoms with Crippen LogP contribution in [0.3, 0.4) is 0 Å². The summed E-state index contributed by atoms with van der Waals surface area (Å²) in [6, 6.07) is 10.6. The molecule has 0 unspecified atom stereocenters. The molecule has 1 aliphatic heterocycles. The lowest BCUT2D eigenvalue weighted by Crippen LogP contribution is -2.32. The van der Waals surface area contributed by atoms with Gasteiger partial charge in [-0.3, -0.25) is 4.98 Å². The molecule has 0 radical (unpaired) electrons. The highest BCUT2D eigenvalue weighted by Crippen LogP contribution is 2.42. The van der Waals surface area contributed by atoms with Gasteiger partial charge in [0.2, 0.25) is 0 Å². The van der Waals surface area contributed by atoms with Crippen LogP contribution in [0, 0.1) is 5.92 Å². The minimum absolute atomic E-state index is 0.0954. The van der Waals surface area contributed by atoms with Gasteiger partial charge in [-0.1, -0.05) is 19.9 Å². The third-order valence-electron chi connectivity index (χ3n) is 3.65. The summed E-state index contributed by atoms with van der Waals surface area (Å²) < 4.78 is 1.14. The minimum Gasteiger partial charge on any atom is -0.352 e. The monoisotopic (exact) mass is 395 g/mol. The van der Waals surface area contributed by atoms with Gasteiger partial charge < -0.3 is 10.2 Å². The molecule has 0 aromatic carbocycles. The standard InChI is InChI=1S/C16H18BrN3S2/c1-10(2)9-20-15(12-6-7-13(17)22-12)14(19-16(20)21)11-5-3-4-8-18-11/h3-8,10,14-15H,9H2,1-2H3,(H,19,21)/t14-,15-/m0/s1. The van der Waals surface area contributed by atoms with Crippen molar-refractivity contribution in [1.29, 1.82) is 0 Å². The van der Waals surface area contributed by atoms with Gasteiger partial charge in [0.1, 0.15) is 0 Å². The van der Waals surface area contributed by atoms with Gasteiger partial charge in [-0.15, -0.1) is 11.3 Å². The largest absolute Gasteiger partial charge is 0.352 e. The number of nitrogens with one attached hydrogen (secondary N) is 1. The van der Waals surface area contributed by atoms with E-state index in [1.165, 1.54) is 4.88 Å². The number of rotatable bonds is 4. The van der Waals surface area contributed by atoms with Crippen molar-refractivity contribution in [3.05, 3.63) is 50.9 Å². The average molecular weight is 396 g/mol. The maximum absolute atomic E-state index is 5.60. The number of thiocarbonyl (C=S) groups is 1. The molecule has 0 amide bonds. The van der Waals surface area contributed by atoms with Gasteiger partial charge in [0, 0.05) is 17.6 Å². The second-order valence-electron chi connectivity index (χ2n) is 5.81. The van der Waals surface area contributed by atoms with E-state index in [0.29, 0.717) is 5.92 Å². The fraction of sp³-hybridized carbons (Fsp3) is 0.375. The highest BCUT2D eigenvalue weighted by Gasteiger charge is 2.40. The lowest BCUT2D eigenvalue weighted by Gasteiger charge is -2.28. The predicted octanol–water partition coefficient (Wildman–Crippen LogP) is 4.53. The molecule has 3 nitrogen and oxygen atoms in total. The summed E-state index contributed by atoms with van der Waals surface area (Å²) in [7, 11) is 0. The van der Waals surface area contributed by atoms with Crippen molar-refractivity contribution in [1.82, 2.24) is 15.2 Å². The van der Waals surface area contributed by atoms with Gasteiger partial charge >= 0.3 is 0 Å². The average Bonchev–Trinajstić information content (AvgIpc) is 3.04. The molecule has 2 aromatic rings. The predicted molar refractivity (Wildman–Crippen MR) is 99.0 cm³/mol. The molecule has 0 spiro atoms. The second kappa shape index (κ2) is 6.64. The molecule has 1 N–H and O–H groups in total. The van der Waals surface area contributed by atoms with E-state index in [9.17, 15) is 0 Å². The summed E-state index contributed by atoms with van der Waals surface area (Å²) >= 11 is 10.9. The smallest absolute Gasteiger partial charge is 0.170 e. The molecule has 0 aliphatic carbocycles. The van der Waals surface area contributed by atoms with Crippen molar-refractivity contribution in [2.24, 2.45) is 5.92 Å². The van der Waals surface area contributed by atoms with Crippen LogP contribution in [0.5, 0.6) is 0 Å². The first-order valence-electron chi connectivity index (χ1n) is 7.29. The summed E-state index contributed by atoms with van der Waals surface area (Å²) in [5.41, 5.74) is 1.03. The van der Waals surface area contributed by atoms with E-state index < -0.39 is 0 Å². The Labute approximate surface area is 148 Å². The Morgan fingerprint density at radius 1 is 1.36 bits per heavy atom. The lowest BCUT2D eigenvalue weighted by molar-refractivity contribution is 0.291. The van der Waals surface area contributed by atoms with Crippen LogP contribution in [0.4, 0.5) is 0 Å². The number of pyridine rings is 1. The highest BCUT2D eigenvalue weighted by molar-refractivity contribution is 9.11. The zero-order valence-corrected chi connectivity index (χ0v) is 15.7. The van der Waals surface area contributed by atoms with Gasteiger partial charge in [0.15, 0.2) is 5.11 Å². The summed E-state index contributed by atoms with van der Waals surface area (Å²) in [6.07, 6.45) is 1.84. The van der Waals surface area contributed by atoms with E-state index in [4.69, 9.17) is 12.2 Å². The second-order valence-corrected chi connectivity index (χ2v) is 8.70. The van der Waals surface area contributed by atoms with Crippen molar-refractivity contribution in [2.45, 2.75) is 25.9 Å². The third-order valence-corrected chi connectivity index (χ3v) is 5.69. The lowest BCUT2D eigenvalue weighted by atomic mass is 10.0. The molecule has 1 aliphatic rings. The number of nitrogens with zero attached hydrogens (tertiary/aromatic N) is 2. The van der Waals surface area contributed by atoms with Gasteiger partial charge in [0.25, 0.3) is 0 Å². The van der Waals surface area contributed by atoms with Crippen molar-refractivity contribution in [3.63, 3.8) is 0 Å². The molecule has 116 valence electrons. The molecule has 1 fully saturated rings. The van der Waals surface area contributed by atoms with E-state index in [2.05, 4.69) is 63.2 Å². The first-order valence-corrected chi connectivity index (χ1v) is 9.31. The quantitative estimate of drug-likeness (QED) is 0.769. The Hall–Kier alpha value is -0.980. The number of aromatic nitrogens is 1.